The summed E-state index contributed by atoms with van der Waals surface area (Å²) in [5.41, 5.74) is 0.337. The van der Waals surface area contributed by atoms with Crippen molar-refractivity contribution in [1.82, 2.24) is 5.32 Å². The molecule has 2 aromatic rings. The maximum atomic E-state index is 12.6. The Balaban J connectivity index is 2.25. The van der Waals surface area contributed by atoms with E-state index in [-0.39, 0.29) is 4.90 Å². The van der Waals surface area contributed by atoms with E-state index < -0.39 is 10.0 Å². The average Bonchev–Trinajstić information content (AvgIpc) is 2.63. The third-order valence-corrected chi connectivity index (χ3v) is 5.15. The summed E-state index contributed by atoms with van der Waals surface area (Å²) in [6.45, 7) is 1.04. The van der Waals surface area contributed by atoms with Crippen LogP contribution in [0.2, 0.25) is 5.02 Å². The van der Waals surface area contributed by atoms with E-state index in [1.165, 1.54) is 38.5 Å². The van der Waals surface area contributed by atoms with Gasteiger partial charge in [-0.3, -0.25) is 4.72 Å². The van der Waals surface area contributed by atoms with Crippen LogP contribution in [-0.2, 0) is 10.0 Å². The molecule has 0 aliphatic heterocycles. The van der Waals surface area contributed by atoms with Crippen molar-refractivity contribution in [2.24, 2.45) is 0 Å². The molecule has 2 rings (SSSR count). The maximum absolute atomic E-state index is 12.6. The van der Waals surface area contributed by atoms with Crippen LogP contribution in [0.25, 0.3) is 0 Å². The maximum Gasteiger partial charge on any atom is 0.262 e. The van der Waals surface area contributed by atoms with Gasteiger partial charge in [0.05, 0.1) is 29.8 Å². The molecule has 2 N–H and O–H groups in total. The Morgan fingerprint density at radius 2 is 1.73 bits per heavy atom. The van der Waals surface area contributed by atoms with Crippen molar-refractivity contribution in [2.45, 2.75) is 4.90 Å². The molecule has 0 atom stereocenters. The molecule has 0 amide bonds. The molecule has 0 saturated carbocycles. The molecule has 0 fully saturated rings. The molecule has 26 heavy (non-hydrogen) atoms. The highest BCUT2D eigenvalue weighted by Crippen LogP contribution is 2.32. The Morgan fingerprint density at radius 1 is 1.00 bits per heavy atom. The van der Waals surface area contributed by atoms with Gasteiger partial charge < -0.3 is 19.5 Å². The van der Waals surface area contributed by atoms with Crippen LogP contribution >= 0.6 is 11.6 Å². The summed E-state index contributed by atoms with van der Waals surface area (Å²) in [5, 5.41) is 3.35. The normalized spacial score (nSPS) is 11.1. The van der Waals surface area contributed by atoms with Crippen molar-refractivity contribution in [1.29, 1.82) is 0 Å². The van der Waals surface area contributed by atoms with Crippen molar-refractivity contribution >= 4 is 27.3 Å². The zero-order valence-electron chi connectivity index (χ0n) is 14.7. The Hall–Kier alpha value is -2.16. The van der Waals surface area contributed by atoms with Crippen LogP contribution in [-0.4, -0.2) is 42.8 Å². The minimum absolute atomic E-state index is 0.0442. The Bertz CT molecular complexity index is 858. The van der Waals surface area contributed by atoms with Gasteiger partial charge in [0.25, 0.3) is 10.0 Å². The molecular formula is C17H21ClN2O5S. The molecule has 7 nitrogen and oxygen atoms in total. The molecule has 0 spiro atoms. The highest BCUT2D eigenvalue weighted by Gasteiger charge is 2.18. The molecule has 9 heteroatoms. The van der Waals surface area contributed by atoms with Crippen LogP contribution in [0.3, 0.4) is 0 Å². The van der Waals surface area contributed by atoms with Crippen molar-refractivity contribution in [2.75, 3.05) is 39.1 Å². The van der Waals surface area contributed by atoms with E-state index >= 15 is 0 Å². The third-order valence-electron chi connectivity index (χ3n) is 3.46. The lowest BCUT2D eigenvalue weighted by Crippen LogP contribution is -2.16. The highest BCUT2D eigenvalue weighted by atomic mass is 35.5. The molecule has 142 valence electrons. The van der Waals surface area contributed by atoms with Crippen LogP contribution in [0, 0.1) is 0 Å². The number of ether oxygens (including phenoxy) is 3. The summed E-state index contributed by atoms with van der Waals surface area (Å²) < 4.78 is 43.6. The zero-order chi connectivity index (χ0) is 19.2. The van der Waals surface area contributed by atoms with Crippen LogP contribution in [0.1, 0.15) is 0 Å². The molecule has 0 saturated heterocycles. The van der Waals surface area contributed by atoms with Crippen LogP contribution < -0.4 is 24.2 Å². The van der Waals surface area contributed by atoms with Crippen molar-refractivity contribution in [3.8, 4) is 17.2 Å². The van der Waals surface area contributed by atoms with Gasteiger partial charge in [0.15, 0.2) is 11.5 Å². The number of rotatable bonds is 9. The molecular weight excluding hydrogens is 380 g/mol. The standard InChI is InChI=1S/C17H21ClN2O5S/c1-19-8-9-25-16-10-12(4-6-14(16)18)20-26(21,22)13-5-7-15(23-2)17(11-13)24-3/h4-7,10-11,19-20H,8-9H2,1-3H3. The number of likely N-dealkylation sites (N-methyl/N-ethyl adjacent to an activating group) is 1. The molecule has 0 unspecified atom stereocenters. The fourth-order valence-electron chi connectivity index (χ4n) is 2.14. The Morgan fingerprint density at radius 3 is 2.38 bits per heavy atom. The SMILES string of the molecule is CNCCOc1cc(NS(=O)(=O)c2ccc(OC)c(OC)c2)ccc1Cl. The lowest BCUT2D eigenvalue weighted by atomic mass is 10.3. The highest BCUT2D eigenvalue weighted by molar-refractivity contribution is 7.92. The van der Waals surface area contributed by atoms with Gasteiger partial charge in [-0.25, -0.2) is 8.42 Å². The van der Waals surface area contributed by atoms with E-state index in [1.54, 1.807) is 19.2 Å². The number of anilines is 1. The number of nitrogens with one attached hydrogen (secondary N) is 2. The van der Waals surface area contributed by atoms with Gasteiger partial charge in [0.1, 0.15) is 12.4 Å². The third kappa shape index (κ3) is 4.94. The Kier molecular flexibility index (Phi) is 6.96. The van der Waals surface area contributed by atoms with Gasteiger partial charge >= 0.3 is 0 Å². The molecule has 0 aliphatic rings. The average molecular weight is 401 g/mol. The van der Waals surface area contributed by atoms with Gasteiger partial charge in [-0.1, -0.05) is 11.6 Å². The van der Waals surface area contributed by atoms with E-state index in [9.17, 15) is 8.42 Å². The smallest absolute Gasteiger partial charge is 0.262 e. The fraction of sp³-hybridized carbons (Fsp3) is 0.294. The summed E-state index contributed by atoms with van der Waals surface area (Å²) in [5.74, 6) is 1.16. The number of benzene rings is 2. The monoisotopic (exact) mass is 400 g/mol. The predicted octanol–water partition coefficient (Wildman–Crippen LogP) is 2.76. The summed E-state index contributed by atoms with van der Waals surface area (Å²) >= 11 is 6.08. The van der Waals surface area contributed by atoms with Gasteiger partial charge in [-0.2, -0.15) is 0 Å². The van der Waals surface area contributed by atoms with Crippen molar-refractivity contribution in [3.63, 3.8) is 0 Å². The molecule has 0 aromatic heterocycles. The largest absolute Gasteiger partial charge is 0.493 e. The molecule has 0 bridgehead atoms. The van der Waals surface area contributed by atoms with Gasteiger partial charge in [0, 0.05) is 18.7 Å². The first-order chi connectivity index (χ1) is 12.4. The predicted molar refractivity (Wildman–Crippen MR) is 101 cm³/mol. The molecule has 0 heterocycles. The van der Waals surface area contributed by atoms with Crippen molar-refractivity contribution < 1.29 is 22.6 Å². The number of sulfonamides is 1. The number of methoxy groups -OCH3 is 2. The van der Waals surface area contributed by atoms with Crippen LogP contribution in [0.4, 0.5) is 5.69 Å². The van der Waals surface area contributed by atoms with E-state index in [1.807, 2.05) is 0 Å². The first-order valence-corrected chi connectivity index (χ1v) is 9.59. The second-order valence-corrected chi connectivity index (χ2v) is 7.31. The van der Waals surface area contributed by atoms with Gasteiger partial charge in [-0.05, 0) is 31.3 Å². The van der Waals surface area contributed by atoms with Crippen LogP contribution in [0.15, 0.2) is 41.3 Å². The Labute approximate surface area is 158 Å². The lowest BCUT2D eigenvalue weighted by Gasteiger charge is -2.13. The summed E-state index contributed by atoms with van der Waals surface area (Å²) in [6, 6.07) is 9.03. The number of hydrogen-bond acceptors (Lipinski definition) is 6. The second kappa shape index (κ2) is 8.98. The van der Waals surface area contributed by atoms with Gasteiger partial charge in [-0.15, -0.1) is 0 Å². The lowest BCUT2D eigenvalue weighted by molar-refractivity contribution is 0.319. The molecule has 0 radical (unpaired) electrons. The van der Waals surface area contributed by atoms with Crippen molar-refractivity contribution in [3.05, 3.63) is 41.4 Å². The quantitative estimate of drug-likeness (QED) is 0.629. The minimum atomic E-state index is -3.82. The minimum Gasteiger partial charge on any atom is -0.493 e. The van der Waals surface area contributed by atoms with E-state index in [0.29, 0.717) is 41.1 Å². The topological polar surface area (TPSA) is 85.9 Å². The molecule has 2 aromatic carbocycles. The molecule has 0 aliphatic carbocycles. The second-order valence-electron chi connectivity index (χ2n) is 5.22. The summed E-state index contributed by atoms with van der Waals surface area (Å²) in [7, 11) is 0.902. The first kappa shape index (κ1) is 20.2. The fourth-order valence-corrected chi connectivity index (χ4v) is 3.37. The summed E-state index contributed by atoms with van der Waals surface area (Å²) in [4.78, 5) is 0.0442. The number of halogens is 1. The zero-order valence-corrected chi connectivity index (χ0v) is 16.3. The number of hydrogen-bond donors (Lipinski definition) is 2. The van der Waals surface area contributed by atoms with E-state index in [4.69, 9.17) is 25.8 Å². The van der Waals surface area contributed by atoms with Gasteiger partial charge in [0.2, 0.25) is 0 Å². The summed E-state index contributed by atoms with van der Waals surface area (Å²) in [6.07, 6.45) is 0. The van der Waals surface area contributed by atoms with E-state index in [0.717, 1.165) is 0 Å². The van der Waals surface area contributed by atoms with E-state index in [2.05, 4.69) is 10.0 Å². The first-order valence-electron chi connectivity index (χ1n) is 7.73. The van der Waals surface area contributed by atoms with Crippen LogP contribution in [0.5, 0.6) is 17.2 Å².